The summed E-state index contributed by atoms with van der Waals surface area (Å²) in [4.78, 5) is 0. The molecule has 2 unspecified atom stereocenters. The van der Waals surface area contributed by atoms with Crippen molar-refractivity contribution >= 4 is 22.6 Å². The smallest absolute Gasteiger partial charge is 0.0969 e. The number of aliphatic hydroxyl groups is 1. The minimum atomic E-state index is -0.546. The lowest BCUT2D eigenvalue weighted by Crippen LogP contribution is -2.26. The summed E-state index contributed by atoms with van der Waals surface area (Å²) in [6, 6.07) is 0. The average Bonchev–Trinajstić information content (AvgIpc) is 2.61. The molecule has 1 heterocycles. The number of aromatic nitrogens is 2. The molecule has 1 aromatic heterocycles. The van der Waals surface area contributed by atoms with Crippen LogP contribution in [-0.2, 0) is 16.0 Å². The first-order chi connectivity index (χ1) is 7.61. The highest BCUT2D eigenvalue weighted by Crippen LogP contribution is 2.02. The summed E-state index contributed by atoms with van der Waals surface area (Å²) in [5, 5.41) is 13.8. The van der Waals surface area contributed by atoms with Crippen LogP contribution in [0.5, 0.6) is 0 Å². The number of methoxy groups -OCH3 is 1. The summed E-state index contributed by atoms with van der Waals surface area (Å²) in [6.45, 7) is 3.18. The van der Waals surface area contributed by atoms with Crippen molar-refractivity contribution in [1.82, 2.24) is 9.78 Å². The van der Waals surface area contributed by atoms with Crippen LogP contribution in [0.3, 0.4) is 0 Å². The molecule has 0 spiro atoms. The Bertz CT molecular complexity index is 306. The van der Waals surface area contributed by atoms with Gasteiger partial charge in [-0.25, -0.2) is 0 Å². The molecule has 0 aliphatic heterocycles. The predicted octanol–water partition coefficient (Wildman–Crippen LogP) is 0.900. The van der Waals surface area contributed by atoms with Crippen molar-refractivity contribution in [2.45, 2.75) is 25.7 Å². The van der Waals surface area contributed by atoms with E-state index in [1.54, 1.807) is 18.0 Å². The number of hydrogen-bond acceptors (Lipinski definition) is 4. The van der Waals surface area contributed by atoms with Crippen LogP contribution in [0.4, 0.5) is 0 Å². The topological polar surface area (TPSA) is 56.5 Å². The molecule has 0 amide bonds. The number of nitrogens with zero attached hydrogens (tertiary/aromatic N) is 2. The number of rotatable bonds is 7. The van der Waals surface area contributed by atoms with E-state index in [1.807, 2.05) is 13.1 Å². The maximum absolute atomic E-state index is 9.70. The van der Waals surface area contributed by atoms with Crippen LogP contribution in [0.2, 0.25) is 0 Å². The highest BCUT2D eigenvalue weighted by molar-refractivity contribution is 14.1. The molecule has 6 heteroatoms. The Hall–Kier alpha value is -0.180. The molecule has 1 rings (SSSR count). The lowest BCUT2D eigenvalue weighted by molar-refractivity contribution is -0.0364. The fourth-order valence-corrected chi connectivity index (χ4v) is 1.71. The molecule has 1 aromatic rings. The van der Waals surface area contributed by atoms with Gasteiger partial charge in [-0.15, -0.1) is 0 Å². The number of ether oxygens (including phenoxy) is 2. The minimum Gasteiger partial charge on any atom is -0.389 e. The first-order valence-corrected chi connectivity index (χ1v) is 6.16. The summed E-state index contributed by atoms with van der Waals surface area (Å²) in [5.74, 6) is 0. The van der Waals surface area contributed by atoms with Crippen LogP contribution in [0.15, 0.2) is 12.4 Å². The van der Waals surface area contributed by atoms with E-state index in [0.717, 1.165) is 3.57 Å². The van der Waals surface area contributed by atoms with Gasteiger partial charge in [0.2, 0.25) is 0 Å². The van der Waals surface area contributed by atoms with E-state index in [1.165, 1.54) is 0 Å². The zero-order valence-electron chi connectivity index (χ0n) is 9.47. The van der Waals surface area contributed by atoms with Gasteiger partial charge in [0.05, 0.1) is 41.7 Å². The third kappa shape index (κ3) is 5.24. The Morgan fingerprint density at radius 1 is 1.56 bits per heavy atom. The molecule has 0 aliphatic rings. The van der Waals surface area contributed by atoms with Crippen molar-refractivity contribution in [3.05, 3.63) is 16.0 Å². The molecule has 1 N–H and O–H groups in total. The Morgan fingerprint density at radius 2 is 2.31 bits per heavy atom. The van der Waals surface area contributed by atoms with E-state index in [9.17, 15) is 5.11 Å². The highest BCUT2D eigenvalue weighted by atomic mass is 127. The molecule has 0 saturated carbocycles. The summed E-state index contributed by atoms with van der Waals surface area (Å²) in [5.41, 5.74) is 0. The minimum absolute atomic E-state index is 0.00240. The lowest BCUT2D eigenvalue weighted by atomic mass is 10.3. The van der Waals surface area contributed by atoms with Crippen molar-refractivity contribution in [2.24, 2.45) is 0 Å². The standard InChI is InChI=1S/C10H17IN2O3/c1-8(6-15-2)16-7-10(14)5-13-4-9(11)3-12-13/h3-4,8,10,14H,5-7H2,1-2H3. The molecule has 0 aromatic carbocycles. The molecule has 16 heavy (non-hydrogen) atoms. The zero-order valence-corrected chi connectivity index (χ0v) is 11.6. The fraction of sp³-hybridized carbons (Fsp3) is 0.700. The molecule has 0 saturated heterocycles. The molecular formula is C10H17IN2O3. The quantitative estimate of drug-likeness (QED) is 0.750. The maximum Gasteiger partial charge on any atom is 0.0969 e. The van der Waals surface area contributed by atoms with Crippen molar-refractivity contribution < 1.29 is 14.6 Å². The van der Waals surface area contributed by atoms with Gasteiger partial charge in [0.1, 0.15) is 0 Å². The second-order valence-corrected chi connectivity index (χ2v) is 4.88. The molecule has 5 nitrogen and oxygen atoms in total. The number of aliphatic hydroxyl groups excluding tert-OH is 1. The van der Waals surface area contributed by atoms with Gasteiger partial charge < -0.3 is 14.6 Å². The predicted molar refractivity (Wildman–Crippen MR) is 68.2 cm³/mol. The van der Waals surface area contributed by atoms with Gasteiger partial charge in [0.25, 0.3) is 0 Å². The van der Waals surface area contributed by atoms with Crippen molar-refractivity contribution in [1.29, 1.82) is 0 Å². The van der Waals surface area contributed by atoms with E-state index in [2.05, 4.69) is 27.7 Å². The average molecular weight is 340 g/mol. The Kier molecular flexibility index (Phi) is 6.25. The van der Waals surface area contributed by atoms with Gasteiger partial charge in [-0.05, 0) is 29.5 Å². The molecule has 0 bridgehead atoms. The van der Waals surface area contributed by atoms with Crippen LogP contribution in [0.1, 0.15) is 6.92 Å². The second-order valence-electron chi connectivity index (χ2n) is 3.63. The van der Waals surface area contributed by atoms with Crippen LogP contribution < -0.4 is 0 Å². The number of hydrogen-bond donors (Lipinski definition) is 1. The van der Waals surface area contributed by atoms with E-state index in [4.69, 9.17) is 9.47 Å². The number of halogens is 1. The molecule has 0 fully saturated rings. The zero-order chi connectivity index (χ0) is 12.0. The van der Waals surface area contributed by atoms with Crippen LogP contribution in [-0.4, -0.2) is 47.4 Å². The van der Waals surface area contributed by atoms with Crippen LogP contribution in [0, 0.1) is 3.57 Å². The maximum atomic E-state index is 9.70. The van der Waals surface area contributed by atoms with Crippen LogP contribution >= 0.6 is 22.6 Å². The van der Waals surface area contributed by atoms with Crippen LogP contribution in [0.25, 0.3) is 0 Å². The first-order valence-electron chi connectivity index (χ1n) is 5.08. The Labute approximate surface area is 109 Å². The largest absolute Gasteiger partial charge is 0.389 e. The van der Waals surface area contributed by atoms with Gasteiger partial charge >= 0.3 is 0 Å². The Morgan fingerprint density at radius 3 is 2.88 bits per heavy atom. The summed E-state index contributed by atoms with van der Waals surface area (Å²) in [6.07, 6.45) is 3.08. The molecule has 0 radical (unpaired) electrons. The summed E-state index contributed by atoms with van der Waals surface area (Å²) >= 11 is 2.18. The summed E-state index contributed by atoms with van der Waals surface area (Å²) < 4.78 is 13.1. The van der Waals surface area contributed by atoms with E-state index >= 15 is 0 Å². The van der Waals surface area contributed by atoms with E-state index < -0.39 is 6.10 Å². The third-order valence-electron chi connectivity index (χ3n) is 1.97. The SMILES string of the molecule is COCC(C)OCC(O)Cn1cc(I)cn1. The second kappa shape index (κ2) is 7.21. The van der Waals surface area contributed by atoms with E-state index in [-0.39, 0.29) is 6.10 Å². The van der Waals surface area contributed by atoms with Gasteiger partial charge in [-0.2, -0.15) is 5.10 Å². The fourth-order valence-electron chi connectivity index (χ4n) is 1.26. The molecular weight excluding hydrogens is 323 g/mol. The normalized spacial score (nSPS) is 15.0. The van der Waals surface area contributed by atoms with Crippen molar-refractivity contribution in [3.8, 4) is 0 Å². The monoisotopic (exact) mass is 340 g/mol. The van der Waals surface area contributed by atoms with Crippen molar-refractivity contribution in [2.75, 3.05) is 20.3 Å². The third-order valence-corrected chi connectivity index (χ3v) is 2.53. The van der Waals surface area contributed by atoms with Crippen molar-refractivity contribution in [3.63, 3.8) is 0 Å². The van der Waals surface area contributed by atoms with Gasteiger partial charge in [0, 0.05) is 13.3 Å². The van der Waals surface area contributed by atoms with Gasteiger partial charge in [-0.3, -0.25) is 4.68 Å². The molecule has 92 valence electrons. The summed E-state index contributed by atoms with van der Waals surface area (Å²) in [7, 11) is 1.63. The Balaban J connectivity index is 2.23. The first kappa shape index (κ1) is 13.9. The highest BCUT2D eigenvalue weighted by Gasteiger charge is 2.09. The molecule has 2 atom stereocenters. The van der Waals surface area contributed by atoms with Gasteiger partial charge in [-0.1, -0.05) is 0 Å². The van der Waals surface area contributed by atoms with E-state index in [0.29, 0.717) is 19.8 Å². The lowest BCUT2D eigenvalue weighted by Gasteiger charge is -2.15. The van der Waals surface area contributed by atoms with Gasteiger partial charge in [0.15, 0.2) is 0 Å². The molecule has 0 aliphatic carbocycles.